The Labute approximate surface area is 109 Å². The topological polar surface area (TPSA) is 52.0 Å². The normalized spacial score (nSPS) is 12.4. The molecule has 1 unspecified atom stereocenters. The average Bonchev–Trinajstić information content (AvgIpc) is 2.33. The molecule has 0 aliphatic heterocycles. The Hall–Kier alpha value is -1.80. The average molecular weight is 240 g/mol. The smallest absolute Gasteiger partial charge is 0.0555 e. The second-order valence-corrected chi connectivity index (χ2v) is 4.94. The fourth-order valence-electron chi connectivity index (χ4n) is 2.25. The highest BCUT2D eigenvalue weighted by Crippen LogP contribution is 2.26. The van der Waals surface area contributed by atoms with Crippen LogP contribution in [0.4, 0.5) is 5.69 Å². The van der Waals surface area contributed by atoms with Crippen molar-refractivity contribution in [3.05, 3.63) is 64.2 Å². The summed E-state index contributed by atoms with van der Waals surface area (Å²) in [5.74, 6) is 0. The summed E-state index contributed by atoms with van der Waals surface area (Å²) in [6, 6.07) is 12.0. The fourth-order valence-corrected chi connectivity index (χ4v) is 2.25. The second kappa shape index (κ2) is 4.83. The van der Waals surface area contributed by atoms with Crippen LogP contribution in [0.15, 0.2) is 36.4 Å². The minimum atomic E-state index is -0.118. The number of aryl methyl sites for hydroxylation is 3. The molecule has 2 aromatic rings. The van der Waals surface area contributed by atoms with Crippen molar-refractivity contribution < 1.29 is 0 Å². The number of benzene rings is 2. The molecule has 0 spiro atoms. The van der Waals surface area contributed by atoms with Crippen LogP contribution in [0.3, 0.4) is 0 Å². The largest absolute Gasteiger partial charge is 0.399 e. The molecule has 2 heteroatoms. The van der Waals surface area contributed by atoms with Crippen LogP contribution in [-0.2, 0) is 0 Å². The third kappa shape index (κ3) is 2.39. The van der Waals surface area contributed by atoms with E-state index in [1.807, 2.05) is 24.3 Å². The minimum Gasteiger partial charge on any atom is -0.399 e. The first-order valence-corrected chi connectivity index (χ1v) is 6.18. The van der Waals surface area contributed by atoms with Crippen LogP contribution in [0, 0.1) is 20.8 Å². The lowest BCUT2D eigenvalue weighted by molar-refractivity contribution is 0.859. The van der Waals surface area contributed by atoms with Gasteiger partial charge >= 0.3 is 0 Å². The highest BCUT2D eigenvalue weighted by molar-refractivity contribution is 5.47. The Morgan fingerprint density at radius 1 is 0.889 bits per heavy atom. The van der Waals surface area contributed by atoms with Crippen LogP contribution >= 0.6 is 0 Å². The minimum absolute atomic E-state index is 0.118. The van der Waals surface area contributed by atoms with Crippen molar-refractivity contribution in [2.24, 2.45) is 5.73 Å². The maximum absolute atomic E-state index is 6.35. The standard InChI is InChI=1S/C16H20N2/c1-10-7-12(3)15(8-11(10)2)16(18)13-5-4-6-14(17)9-13/h4-9,16H,17-18H2,1-3H3. The molecular weight excluding hydrogens is 220 g/mol. The van der Waals surface area contributed by atoms with Gasteiger partial charge in [0.2, 0.25) is 0 Å². The third-order valence-corrected chi connectivity index (χ3v) is 3.49. The predicted octanol–water partition coefficient (Wildman–Crippen LogP) is 3.24. The highest BCUT2D eigenvalue weighted by Gasteiger charge is 2.12. The third-order valence-electron chi connectivity index (χ3n) is 3.49. The lowest BCUT2D eigenvalue weighted by atomic mass is 9.92. The van der Waals surface area contributed by atoms with E-state index in [0.717, 1.165) is 11.3 Å². The molecule has 0 heterocycles. The Bertz CT molecular complexity index is 573. The van der Waals surface area contributed by atoms with Gasteiger partial charge in [-0.2, -0.15) is 0 Å². The van der Waals surface area contributed by atoms with E-state index in [1.165, 1.54) is 22.3 Å². The first-order chi connectivity index (χ1) is 8.49. The molecule has 2 aromatic carbocycles. The molecular formula is C16H20N2. The summed E-state index contributed by atoms with van der Waals surface area (Å²) < 4.78 is 0. The summed E-state index contributed by atoms with van der Waals surface area (Å²) in [4.78, 5) is 0. The van der Waals surface area contributed by atoms with Gasteiger partial charge in [0.1, 0.15) is 0 Å². The van der Waals surface area contributed by atoms with Crippen molar-refractivity contribution >= 4 is 5.69 Å². The van der Waals surface area contributed by atoms with Crippen LogP contribution in [0.25, 0.3) is 0 Å². The van der Waals surface area contributed by atoms with Crippen LogP contribution in [0.1, 0.15) is 33.9 Å². The van der Waals surface area contributed by atoms with Crippen molar-refractivity contribution in [3.8, 4) is 0 Å². The van der Waals surface area contributed by atoms with Gasteiger partial charge in [-0.25, -0.2) is 0 Å². The SMILES string of the molecule is Cc1cc(C)c(C(N)c2cccc(N)c2)cc1C. The van der Waals surface area contributed by atoms with Crippen molar-refractivity contribution in [2.45, 2.75) is 26.8 Å². The van der Waals surface area contributed by atoms with Gasteiger partial charge in [-0.15, -0.1) is 0 Å². The van der Waals surface area contributed by atoms with E-state index in [2.05, 4.69) is 32.9 Å². The van der Waals surface area contributed by atoms with Crippen molar-refractivity contribution in [3.63, 3.8) is 0 Å². The quantitative estimate of drug-likeness (QED) is 0.792. The number of hydrogen-bond donors (Lipinski definition) is 2. The summed E-state index contributed by atoms with van der Waals surface area (Å²) >= 11 is 0. The first-order valence-electron chi connectivity index (χ1n) is 6.18. The molecule has 18 heavy (non-hydrogen) atoms. The predicted molar refractivity (Wildman–Crippen MR) is 77.5 cm³/mol. The zero-order chi connectivity index (χ0) is 13.3. The summed E-state index contributed by atoms with van der Waals surface area (Å²) in [6.45, 7) is 6.34. The molecule has 2 nitrogen and oxygen atoms in total. The van der Waals surface area contributed by atoms with E-state index in [9.17, 15) is 0 Å². The van der Waals surface area contributed by atoms with Crippen molar-refractivity contribution in [1.82, 2.24) is 0 Å². The Morgan fingerprint density at radius 2 is 1.56 bits per heavy atom. The molecule has 0 saturated heterocycles. The molecule has 0 saturated carbocycles. The Kier molecular flexibility index (Phi) is 3.39. The van der Waals surface area contributed by atoms with E-state index in [4.69, 9.17) is 11.5 Å². The molecule has 4 N–H and O–H groups in total. The van der Waals surface area contributed by atoms with Crippen LogP contribution in [0.5, 0.6) is 0 Å². The van der Waals surface area contributed by atoms with E-state index >= 15 is 0 Å². The van der Waals surface area contributed by atoms with E-state index in [1.54, 1.807) is 0 Å². The summed E-state index contributed by atoms with van der Waals surface area (Å²) in [7, 11) is 0. The van der Waals surface area contributed by atoms with Crippen molar-refractivity contribution in [2.75, 3.05) is 5.73 Å². The number of rotatable bonds is 2. The summed E-state index contributed by atoms with van der Waals surface area (Å²) in [6.07, 6.45) is 0. The second-order valence-electron chi connectivity index (χ2n) is 4.94. The number of hydrogen-bond acceptors (Lipinski definition) is 2. The fraction of sp³-hybridized carbons (Fsp3) is 0.250. The molecule has 0 bridgehead atoms. The number of nitrogen functional groups attached to an aromatic ring is 1. The van der Waals surface area contributed by atoms with Gasteiger partial charge in [0, 0.05) is 5.69 Å². The van der Waals surface area contributed by atoms with Gasteiger partial charge in [-0.05, 0) is 60.7 Å². The van der Waals surface area contributed by atoms with Crippen molar-refractivity contribution in [1.29, 1.82) is 0 Å². The van der Waals surface area contributed by atoms with Gasteiger partial charge in [0.25, 0.3) is 0 Å². The molecule has 0 radical (unpaired) electrons. The van der Waals surface area contributed by atoms with Crippen LogP contribution < -0.4 is 11.5 Å². The molecule has 0 aliphatic carbocycles. The van der Waals surface area contributed by atoms with E-state index < -0.39 is 0 Å². The molecule has 0 amide bonds. The molecule has 0 aliphatic rings. The van der Waals surface area contributed by atoms with Gasteiger partial charge < -0.3 is 11.5 Å². The monoisotopic (exact) mass is 240 g/mol. The Morgan fingerprint density at radius 3 is 2.22 bits per heavy atom. The Balaban J connectivity index is 2.46. The van der Waals surface area contributed by atoms with Gasteiger partial charge in [-0.1, -0.05) is 24.3 Å². The zero-order valence-electron chi connectivity index (χ0n) is 11.2. The molecule has 0 aromatic heterocycles. The summed E-state index contributed by atoms with van der Waals surface area (Å²) in [5, 5.41) is 0. The maximum atomic E-state index is 6.35. The first kappa shape index (κ1) is 12.7. The van der Waals surface area contributed by atoms with Crippen LogP contribution in [0.2, 0.25) is 0 Å². The van der Waals surface area contributed by atoms with E-state index in [-0.39, 0.29) is 6.04 Å². The lowest BCUT2D eigenvalue weighted by Gasteiger charge is -2.17. The highest BCUT2D eigenvalue weighted by atomic mass is 14.6. The number of nitrogens with two attached hydrogens (primary N) is 2. The van der Waals surface area contributed by atoms with Gasteiger partial charge in [0.15, 0.2) is 0 Å². The van der Waals surface area contributed by atoms with Gasteiger partial charge in [0.05, 0.1) is 6.04 Å². The molecule has 2 rings (SSSR count). The zero-order valence-corrected chi connectivity index (χ0v) is 11.2. The maximum Gasteiger partial charge on any atom is 0.0555 e. The van der Waals surface area contributed by atoms with Crippen LogP contribution in [-0.4, -0.2) is 0 Å². The molecule has 0 fully saturated rings. The van der Waals surface area contributed by atoms with E-state index in [0.29, 0.717) is 0 Å². The van der Waals surface area contributed by atoms with Gasteiger partial charge in [-0.3, -0.25) is 0 Å². The molecule has 94 valence electrons. The molecule has 1 atom stereocenters. The lowest BCUT2D eigenvalue weighted by Crippen LogP contribution is -2.14. The number of anilines is 1. The summed E-state index contributed by atoms with van der Waals surface area (Å²) in [5.41, 5.74) is 18.9.